The number of hydrogen-bond donors (Lipinski definition) is 3. The van der Waals surface area contributed by atoms with E-state index in [1.807, 2.05) is 53.1 Å². The SMILES string of the molecule is COc1cccc(NC(=O)Nc2cc(C(=O)NCc3ccccc3)ccc2N2C[C@H]3C[C@@H](C2)c2cccc(=O)n2C3)c1. The van der Waals surface area contributed by atoms with Crippen LogP contribution in [0.4, 0.5) is 21.9 Å². The first kappa shape index (κ1) is 27.1. The van der Waals surface area contributed by atoms with Gasteiger partial charge in [-0.2, -0.15) is 0 Å². The molecule has 214 valence electrons. The van der Waals surface area contributed by atoms with Crippen molar-refractivity contribution in [2.24, 2.45) is 5.92 Å². The fourth-order valence-corrected chi connectivity index (χ4v) is 6.01. The number of carbonyl (C=O) groups excluding carboxylic acids is 2. The second-order valence-electron chi connectivity index (χ2n) is 10.8. The first-order valence-corrected chi connectivity index (χ1v) is 14.1. The van der Waals surface area contributed by atoms with Gasteiger partial charge in [0.2, 0.25) is 0 Å². The molecule has 3 N–H and O–H groups in total. The molecule has 0 spiro atoms. The van der Waals surface area contributed by atoms with E-state index in [0.717, 1.165) is 29.9 Å². The van der Waals surface area contributed by atoms with Gasteiger partial charge in [0, 0.05) is 61.2 Å². The first-order valence-electron chi connectivity index (χ1n) is 14.1. The Bertz CT molecular complexity index is 1670. The van der Waals surface area contributed by atoms with Gasteiger partial charge < -0.3 is 30.2 Å². The molecule has 9 nitrogen and oxygen atoms in total. The van der Waals surface area contributed by atoms with Crippen LogP contribution in [0.25, 0.3) is 0 Å². The molecule has 42 heavy (non-hydrogen) atoms. The molecule has 2 bridgehead atoms. The number of piperidine rings is 1. The number of nitrogens with one attached hydrogen (secondary N) is 3. The molecule has 1 saturated heterocycles. The van der Waals surface area contributed by atoms with E-state index >= 15 is 0 Å². The predicted octanol–water partition coefficient (Wildman–Crippen LogP) is 5.05. The van der Waals surface area contributed by atoms with Gasteiger partial charge in [0.25, 0.3) is 11.5 Å². The van der Waals surface area contributed by atoms with Gasteiger partial charge in [0.05, 0.1) is 18.5 Å². The molecule has 0 unspecified atom stereocenters. The van der Waals surface area contributed by atoms with Gasteiger partial charge in [0.1, 0.15) is 5.75 Å². The Morgan fingerprint density at radius 2 is 1.71 bits per heavy atom. The lowest BCUT2D eigenvalue weighted by Gasteiger charge is -2.44. The van der Waals surface area contributed by atoms with E-state index in [9.17, 15) is 14.4 Å². The van der Waals surface area contributed by atoms with Crippen molar-refractivity contribution in [3.8, 4) is 5.75 Å². The van der Waals surface area contributed by atoms with Crippen molar-refractivity contribution >= 4 is 29.0 Å². The number of nitrogens with zero attached hydrogens (tertiary/aromatic N) is 2. The lowest BCUT2D eigenvalue weighted by Crippen LogP contribution is -2.47. The Hall–Kier alpha value is -5.05. The van der Waals surface area contributed by atoms with Gasteiger partial charge in [-0.3, -0.25) is 9.59 Å². The third-order valence-electron chi connectivity index (χ3n) is 7.95. The molecule has 4 aromatic rings. The minimum atomic E-state index is -0.430. The average molecular weight is 564 g/mol. The van der Waals surface area contributed by atoms with Crippen molar-refractivity contribution in [1.82, 2.24) is 9.88 Å². The summed E-state index contributed by atoms with van der Waals surface area (Å²) in [6.45, 7) is 2.50. The summed E-state index contributed by atoms with van der Waals surface area (Å²) in [5, 5.41) is 8.82. The fourth-order valence-electron chi connectivity index (χ4n) is 6.01. The number of fused-ring (bicyclic) bond motifs is 4. The number of urea groups is 1. The van der Waals surface area contributed by atoms with Gasteiger partial charge in [-0.25, -0.2) is 4.79 Å². The molecule has 2 aliphatic rings. The smallest absolute Gasteiger partial charge is 0.323 e. The van der Waals surface area contributed by atoms with Gasteiger partial charge in [0.15, 0.2) is 0 Å². The summed E-state index contributed by atoms with van der Waals surface area (Å²) in [6.07, 6.45) is 1.01. The van der Waals surface area contributed by atoms with Crippen LogP contribution in [-0.4, -0.2) is 36.7 Å². The van der Waals surface area contributed by atoms with E-state index in [1.165, 1.54) is 0 Å². The number of pyridine rings is 1. The molecule has 1 fully saturated rings. The van der Waals surface area contributed by atoms with Crippen LogP contribution in [0.5, 0.6) is 5.75 Å². The Labute approximate surface area is 244 Å². The summed E-state index contributed by atoms with van der Waals surface area (Å²) >= 11 is 0. The number of aromatic nitrogens is 1. The lowest BCUT2D eigenvalue weighted by molar-refractivity contribution is 0.0951. The summed E-state index contributed by atoms with van der Waals surface area (Å²) in [6, 6.07) is 27.3. The molecule has 2 atom stereocenters. The maximum atomic E-state index is 13.2. The summed E-state index contributed by atoms with van der Waals surface area (Å²) in [7, 11) is 1.57. The molecule has 3 aromatic carbocycles. The van der Waals surface area contributed by atoms with Gasteiger partial charge in [-0.1, -0.05) is 42.5 Å². The largest absolute Gasteiger partial charge is 0.497 e. The number of carbonyl (C=O) groups is 2. The van der Waals surface area contributed by atoms with Crippen LogP contribution in [-0.2, 0) is 13.1 Å². The molecule has 9 heteroatoms. The molecular formula is C33H33N5O4. The van der Waals surface area contributed by atoms with E-state index in [1.54, 1.807) is 49.6 Å². The van der Waals surface area contributed by atoms with E-state index in [2.05, 4.69) is 20.9 Å². The quantitative estimate of drug-likeness (QED) is 0.292. The third kappa shape index (κ3) is 5.85. The van der Waals surface area contributed by atoms with Crippen molar-refractivity contribution < 1.29 is 14.3 Å². The Morgan fingerprint density at radius 1 is 0.881 bits per heavy atom. The van der Waals surface area contributed by atoms with Gasteiger partial charge in [-0.15, -0.1) is 0 Å². The zero-order valence-corrected chi connectivity index (χ0v) is 23.4. The van der Waals surface area contributed by atoms with E-state index in [4.69, 9.17) is 4.74 Å². The number of hydrogen-bond acceptors (Lipinski definition) is 5. The van der Waals surface area contributed by atoms with E-state index < -0.39 is 6.03 Å². The second kappa shape index (κ2) is 11.8. The minimum absolute atomic E-state index is 0.0399. The first-order chi connectivity index (χ1) is 20.5. The normalized spacial score (nSPS) is 17.1. The summed E-state index contributed by atoms with van der Waals surface area (Å²) < 4.78 is 7.17. The summed E-state index contributed by atoms with van der Waals surface area (Å²) in [4.78, 5) is 41.1. The summed E-state index contributed by atoms with van der Waals surface area (Å²) in [5.41, 5.74) is 4.48. The zero-order chi connectivity index (χ0) is 29.1. The van der Waals surface area contributed by atoms with Crippen molar-refractivity contribution in [2.75, 3.05) is 35.7 Å². The molecule has 6 rings (SSSR count). The average Bonchev–Trinajstić information content (AvgIpc) is 3.01. The van der Waals surface area contributed by atoms with Crippen molar-refractivity contribution in [3.05, 3.63) is 118 Å². The van der Waals surface area contributed by atoms with Crippen molar-refractivity contribution in [1.29, 1.82) is 0 Å². The molecule has 0 radical (unpaired) electrons. The maximum Gasteiger partial charge on any atom is 0.323 e. The van der Waals surface area contributed by atoms with Crippen LogP contribution in [0.1, 0.15) is 34.0 Å². The third-order valence-corrected chi connectivity index (χ3v) is 7.95. The molecule has 0 aliphatic carbocycles. The molecule has 3 amide bonds. The van der Waals surface area contributed by atoms with Crippen LogP contribution >= 0.6 is 0 Å². The molecule has 0 saturated carbocycles. The molecule has 1 aromatic heterocycles. The number of methoxy groups -OCH3 is 1. The number of benzene rings is 3. The van der Waals surface area contributed by atoms with Crippen LogP contribution in [0.3, 0.4) is 0 Å². The van der Waals surface area contributed by atoms with Gasteiger partial charge >= 0.3 is 6.03 Å². The fraction of sp³-hybridized carbons (Fsp3) is 0.242. The highest BCUT2D eigenvalue weighted by Gasteiger charge is 2.35. The minimum Gasteiger partial charge on any atom is -0.497 e. The highest BCUT2D eigenvalue weighted by atomic mass is 16.5. The molecule has 3 heterocycles. The van der Waals surface area contributed by atoms with Crippen LogP contribution < -0.4 is 31.1 Å². The molecular weight excluding hydrogens is 530 g/mol. The number of amides is 3. The topological polar surface area (TPSA) is 105 Å². The van der Waals surface area contributed by atoms with Crippen LogP contribution in [0.2, 0.25) is 0 Å². The number of anilines is 3. The monoisotopic (exact) mass is 563 g/mol. The highest BCUT2D eigenvalue weighted by molar-refractivity contribution is 6.04. The zero-order valence-electron chi connectivity index (χ0n) is 23.4. The van der Waals surface area contributed by atoms with Gasteiger partial charge in [-0.05, 0) is 54.3 Å². The number of rotatable bonds is 7. The van der Waals surface area contributed by atoms with E-state index in [-0.39, 0.29) is 17.4 Å². The lowest BCUT2D eigenvalue weighted by atomic mass is 9.83. The van der Waals surface area contributed by atoms with E-state index in [0.29, 0.717) is 48.2 Å². The van der Waals surface area contributed by atoms with Crippen LogP contribution in [0.15, 0.2) is 95.8 Å². The standard InChI is InChI=1S/C33H33N5O4/c1-42-27-10-5-9-26(17-27)35-33(41)36-28-16-24(32(40)34-18-22-7-3-2-4-8-22)13-14-30(28)37-19-23-15-25(21-37)29-11-6-12-31(39)38(29)20-23/h2-14,16-17,23,25H,15,18-21H2,1H3,(H,34,40)(H2,35,36,41)/t23-,25+/m1/s1. The van der Waals surface area contributed by atoms with Crippen molar-refractivity contribution in [2.45, 2.75) is 25.4 Å². The van der Waals surface area contributed by atoms with Crippen molar-refractivity contribution in [3.63, 3.8) is 0 Å². The summed E-state index contributed by atoms with van der Waals surface area (Å²) in [5.74, 6) is 0.887. The Balaban J connectivity index is 1.27. The van der Waals surface area contributed by atoms with Crippen LogP contribution in [0, 0.1) is 5.92 Å². The Kier molecular flexibility index (Phi) is 7.64. The Morgan fingerprint density at radius 3 is 2.55 bits per heavy atom. The maximum absolute atomic E-state index is 13.2. The predicted molar refractivity (Wildman–Crippen MR) is 163 cm³/mol. The highest BCUT2D eigenvalue weighted by Crippen LogP contribution is 2.39. The number of ether oxygens (including phenoxy) is 1. The second-order valence-corrected chi connectivity index (χ2v) is 10.8. The molecule has 2 aliphatic heterocycles.